The van der Waals surface area contributed by atoms with E-state index in [1.54, 1.807) is 24.3 Å². The molecule has 0 saturated heterocycles. The molecule has 17 heavy (non-hydrogen) atoms. The van der Waals surface area contributed by atoms with Crippen LogP contribution in [-0.4, -0.2) is 25.7 Å². The summed E-state index contributed by atoms with van der Waals surface area (Å²) in [6, 6.07) is 8.16. The van der Waals surface area contributed by atoms with Crippen molar-refractivity contribution in [2.45, 2.75) is 12.1 Å². The summed E-state index contributed by atoms with van der Waals surface area (Å²) in [5.74, 6) is 0.159. The van der Waals surface area contributed by atoms with Crippen molar-refractivity contribution >= 4 is 0 Å². The molecule has 1 aromatic heterocycles. The lowest BCUT2D eigenvalue weighted by Crippen LogP contribution is -2.10. The molecule has 2 N–H and O–H groups in total. The SMILES string of the molecule is [N-]=[N+]=N[C@@H](c1ccccc1)[C@H](O)c1nnn[nH]1. The van der Waals surface area contributed by atoms with Crippen LogP contribution in [0.3, 0.4) is 0 Å². The molecule has 0 amide bonds. The first-order valence-corrected chi connectivity index (χ1v) is 4.83. The van der Waals surface area contributed by atoms with Gasteiger partial charge in [-0.25, -0.2) is 5.10 Å². The Hall–Kier alpha value is -2.44. The lowest BCUT2D eigenvalue weighted by atomic mass is 10.0. The monoisotopic (exact) mass is 231 g/mol. The normalized spacial score (nSPS) is 13.7. The zero-order chi connectivity index (χ0) is 12.1. The van der Waals surface area contributed by atoms with Crippen LogP contribution in [-0.2, 0) is 0 Å². The summed E-state index contributed by atoms with van der Waals surface area (Å²) in [5.41, 5.74) is 9.22. The maximum Gasteiger partial charge on any atom is 0.178 e. The molecule has 2 rings (SSSR count). The highest BCUT2D eigenvalue weighted by molar-refractivity contribution is 5.21. The van der Waals surface area contributed by atoms with Crippen molar-refractivity contribution in [2.75, 3.05) is 0 Å². The van der Waals surface area contributed by atoms with E-state index in [2.05, 4.69) is 30.7 Å². The van der Waals surface area contributed by atoms with Gasteiger partial charge in [-0.15, -0.1) is 5.10 Å². The van der Waals surface area contributed by atoms with Crippen molar-refractivity contribution in [1.29, 1.82) is 0 Å². The van der Waals surface area contributed by atoms with Crippen molar-refractivity contribution in [2.24, 2.45) is 5.11 Å². The fraction of sp³-hybridized carbons (Fsp3) is 0.222. The van der Waals surface area contributed by atoms with E-state index >= 15 is 0 Å². The molecule has 8 nitrogen and oxygen atoms in total. The highest BCUT2D eigenvalue weighted by atomic mass is 16.3. The highest BCUT2D eigenvalue weighted by Gasteiger charge is 2.24. The summed E-state index contributed by atoms with van der Waals surface area (Å²) in [6.07, 6.45) is -1.11. The Balaban J connectivity index is 2.33. The van der Waals surface area contributed by atoms with E-state index in [-0.39, 0.29) is 5.82 Å². The number of H-pyrrole nitrogens is 1. The largest absolute Gasteiger partial charge is 0.384 e. The molecule has 0 bridgehead atoms. The van der Waals surface area contributed by atoms with Crippen molar-refractivity contribution in [3.63, 3.8) is 0 Å². The molecular weight excluding hydrogens is 222 g/mol. The average molecular weight is 231 g/mol. The van der Waals surface area contributed by atoms with Gasteiger partial charge in [0.15, 0.2) is 5.82 Å². The van der Waals surface area contributed by atoms with E-state index in [0.29, 0.717) is 5.56 Å². The van der Waals surface area contributed by atoms with Crippen LogP contribution in [0, 0.1) is 0 Å². The van der Waals surface area contributed by atoms with Gasteiger partial charge in [0.2, 0.25) is 0 Å². The summed E-state index contributed by atoms with van der Waals surface area (Å²) in [7, 11) is 0. The van der Waals surface area contributed by atoms with Gasteiger partial charge in [-0.2, -0.15) is 0 Å². The third-order valence-corrected chi connectivity index (χ3v) is 2.26. The van der Waals surface area contributed by atoms with E-state index in [0.717, 1.165) is 0 Å². The summed E-state index contributed by atoms with van der Waals surface area (Å²) < 4.78 is 0. The van der Waals surface area contributed by atoms with Gasteiger partial charge in [-0.05, 0) is 21.5 Å². The Labute approximate surface area is 95.9 Å². The van der Waals surface area contributed by atoms with Gasteiger partial charge in [0, 0.05) is 4.91 Å². The number of hydrogen-bond acceptors (Lipinski definition) is 5. The summed E-state index contributed by atoms with van der Waals surface area (Å²) >= 11 is 0. The minimum atomic E-state index is -1.11. The Morgan fingerprint density at radius 2 is 2.12 bits per heavy atom. The van der Waals surface area contributed by atoms with Gasteiger partial charge in [-0.3, -0.25) is 0 Å². The molecule has 0 saturated carbocycles. The van der Waals surface area contributed by atoms with Crippen LogP contribution in [0.1, 0.15) is 23.5 Å². The first-order valence-electron chi connectivity index (χ1n) is 4.83. The zero-order valence-corrected chi connectivity index (χ0v) is 8.67. The smallest absolute Gasteiger partial charge is 0.178 e. The van der Waals surface area contributed by atoms with Crippen LogP contribution in [0.2, 0.25) is 0 Å². The number of azide groups is 1. The topological polar surface area (TPSA) is 123 Å². The van der Waals surface area contributed by atoms with E-state index in [4.69, 9.17) is 5.53 Å². The zero-order valence-electron chi connectivity index (χ0n) is 8.67. The number of hydrogen-bond donors (Lipinski definition) is 2. The molecule has 0 fully saturated rings. The average Bonchev–Trinajstić information content (AvgIpc) is 2.90. The van der Waals surface area contributed by atoms with Crippen LogP contribution >= 0.6 is 0 Å². The summed E-state index contributed by atoms with van der Waals surface area (Å²) in [5, 5.41) is 26.3. The first kappa shape index (κ1) is 11.1. The van der Waals surface area contributed by atoms with Crippen molar-refractivity contribution < 1.29 is 5.11 Å². The van der Waals surface area contributed by atoms with E-state index in [9.17, 15) is 5.11 Å². The predicted octanol–water partition coefficient (Wildman–Crippen LogP) is 1.28. The fourth-order valence-corrected chi connectivity index (χ4v) is 1.46. The Bertz CT molecular complexity index is 505. The maximum absolute atomic E-state index is 10.0. The molecule has 86 valence electrons. The lowest BCUT2D eigenvalue weighted by Gasteiger charge is -2.15. The number of aromatic amines is 1. The van der Waals surface area contributed by atoms with Crippen molar-refractivity contribution in [3.8, 4) is 0 Å². The van der Waals surface area contributed by atoms with Crippen LogP contribution in [0.25, 0.3) is 10.4 Å². The van der Waals surface area contributed by atoms with Gasteiger partial charge >= 0.3 is 0 Å². The van der Waals surface area contributed by atoms with E-state index < -0.39 is 12.1 Å². The number of nitrogens with zero attached hydrogens (tertiary/aromatic N) is 6. The molecule has 0 aliphatic heterocycles. The number of rotatable bonds is 4. The molecule has 0 radical (unpaired) electrons. The first-order chi connectivity index (χ1) is 8.33. The number of aromatic nitrogens is 4. The number of aliphatic hydroxyl groups is 1. The Morgan fingerprint density at radius 1 is 1.35 bits per heavy atom. The molecule has 2 atom stereocenters. The third-order valence-electron chi connectivity index (χ3n) is 2.26. The molecule has 0 aliphatic rings. The van der Waals surface area contributed by atoms with Crippen molar-refractivity contribution in [3.05, 3.63) is 52.2 Å². The molecule has 1 aromatic carbocycles. The molecule has 0 unspecified atom stereocenters. The van der Waals surface area contributed by atoms with Crippen LogP contribution < -0.4 is 0 Å². The second-order valence-corrected chi connectivity index (χ2v) is 3.29. The number of tetrazole rings is 1. The molecule has 0 spiro atoms. The maximum atomic E-state index is 10.0. The van der Waals surface area contributed by atoms with E-state index in [1.165, 1.54) is 0 Å². The summed E-state index contributed by atoms with van der Waals surface area (Å²) in [4.78, 5) is 2.73. The van der Waals surface area contributed by atoms with Crippen LogP contribution in [0.4, 0.5) is 0 Å². The van der Waals surface area contributed by atoms with Gasteiger partial charge in [0.1, 0.15) is 6.10 Å². The molecular formula is C9H9N7O. The number of benzene rings is 1. The van der Waals surface area contributed by atoms with Crippen LogP contribution in [0.15, 0.2) is 35.4 Å². The Kier molecular flexibility index (Phi) is 3.29. The standard InChI is InChI=1S/C9H9N7O/c10-14-11-7(6-4-2-1-3-5-6)8(17)9-12-15-16-13-9/h1-5,7-8,17H,(H,12,13,15,16)/t7-,8-/m0/s1. The van der Waals surface area contributed by atoms with Crippen molar-refractivity contribution in [1.82, 2.24) is 20.6 Å². The minimum absolute atomic E-state index is 0.159. The van der Waals surface area contributed by atoms with Gasteiger partial charge < -0.3 is 5.11 Å². The van der Waals surface area contributed by atoms with Gasteiger partial charge in [0.05, 0.1) is 6.04 Å². The van der Waals surface area contributed by atoms with E-state index in [1.807, 2.05) is 6.07 Å². The number of aliphatic hydroxyl groups excluding tert-OH is 1. The van der Waals surface area contributed by atoms with Gasteiger partial charge in [0.25, 0.3) is 0 Å². The molecule has 0 aliphatic carbocycles. The predicted molar refractivity (Wildman–Crippen MR) is 57.5 cm³/mol. The lowest BCUT2D eigenvalue weighted by molar-refractivity contribution is 0.137. The fourth-order valence-electron chi connectivity index (χ4n) is 1.46. The number of nitrogens with one attached hydrogen (secondary N) is 1. The molecule has 2 aromatic rings. The minimum Gasteiger partial charge on any atom is -0.384 e. The third kappa shape index (κ3) is 2.39. The quantitative estimate of drug-likeness (QED) is 0.467. The van der Waals surface area contributed by atoms with Crippen LogP contribution in [0.5, 0.6) is 0 Å². The molecule has 8 heteroatoms. The highest BCUT2D eigenvalue weighted by Crippen LogP contribution is 2.29. The summed E-state index contributed by atoms with van der Waals surface area (Å²) in [6.45, 7) is 0. The molecule has 1 heterocycles. The second-order valence-electron chi connectivity index (χ2n) is 3.29. The van der Waals surface area contributed by atoms with Gasteiger partial charge in [-0.1, -0.05) is 35.4 Å². The Morgan fingerprint density at radius 3 is 2.71 bits per heavy atom. The second kappa shape index (κ2) is 5.06.